The highest BCUT2D eigenvalue weighted by Crippen LogP contribution is 2.30. The highest BCUT2D eigenvalue weighted by atomic mass is 16.2. The molecule has 1 amide bonds. The fourth-order valence-corrected chi connectivity index (χ4v) is 4.55. The van der Waals surface area contributed by atoms with Crippen LogP contribution >= 0.6 is 0 Å². The minimum Gasteiger partial charge on any atom is -0.341 e. The summed E-state index contributed by atoms with van der Waals surface area (Å²) < 4.78 is 0. The van der Waals surface area contributed by atoms with Crippen molar-refractivity contribution in [2.24, 2.45) is 0 Å². The van der Waals surface area contributed by atoms with E-state index >= 15 is 0 Å². The van der Waals surface area contributed by atoms with E-state index in [0.29, 0.717) is 5.92 Å². The molecular weight excluding hydrogens is 326 g/mol. The standard InChI is InChI=1S/C20H31N5O/c26-20(25-9-4-5-10-25)18-15-24(11-8-21-18)14-16-12-22-19(23-13-16)17-6-2-1-3-7-17/h12-13,17-18,21H,1-11,14-15H2. The van der Waals surface area contributed by atoms with Crippen molar-refractivity contribution in [3.8, 4) is 0 Å². The van der Waals surface area contributed by atoms with E-state index < -0.39 is 0 Å². The van der Waals surface area contributed by atoms with Crippen LogP contribution in [0.2, 0.25) is 0 Å². The molecule has 1 aromatic rings. The average molecular weight is 358 g/mol. The minimum atomic E-state index is -0.0655. The summed E-state index contributed by atoms with van der Waals surface area (Å²) in [6, 6.07) is -0.0655. The molecule has 2 aliphatic heterocycles. The maximum Gasteiger partial charge on any atom is 0.241 e. The molecule has 0 spiro atoms. The number of hydrogen-bond donors (Lipinski definition) is 1. The van der Waals surface area contributed by atoms with Crippen LogP contribution in [-0.4, -0.2) is 64.4 Å². The zero-order valence-corrected chi connectivity index (χ0v) is 15.7. The van der Waals surface area contributed by atoms with Gasteiger partial charge < -0.3 is 10.2 Å². The highest BCUT2D eigenvalue weighted by Gasteiger charge is 2.30. The van der Waals surface area contributed by atoms with Crippen molar-refractivity contribution in [3.63, 3.8) is 0 Å². The van der Waals surface area contributed by atoms with Gasteiger partial charge in [0.1, 0.15) is 5.82 Å². The summed E-state index contributed by atoms with van der Waals surface area (Å²) in [5, 5.41) is 3.40. The smallest absolute Gasteiger partial charge is 0.241 e. The zero-order valence-electron chi connectivity index (χ0n) is 15.7. The lowest BCUT2D eigenvalue weighted by Gasteiger charge is -2.34. The third-order valence-electron chi connectivity index (χ3n) is 6.08. The van der Waals surface area contributed by atoms with E-state index in [2.05, 4.69) is 20.2 Å². The first-order chi connectivity index (χ1) is 12.8. The number of carbonyl (C=O) groups excluding carboxylic acids is 1. The molecular formula is C20H31N5O. The molecule has 26 heavy (non-hydrogen) atoms. The zero-order chi connectivity index (χ0) is 17.8. The maximum atomic E-state index is 12.6. The Morgan fingerprint density at radius 1 is 1.04 bits per heavy atom. The summed E-state index contributed by atoms with van der Waals surface area (Å²) in [5.41, 5.74) is 1.15. The van der Waals surface area contributed by atoms with Gasteiger partial charge in [0, 0.05) is 63.1 Å². The van der Waals surface area contributed by atoms with Crippen molar-refractivity contribution >= 4 is 5.91 Å². The first-order valence-corrected chi connectivity index (χ1v) is 10.3. The second-order valence-electron chi connectivity index (χ2n) is 8.06. The van der Waals surface area contributed by atoms with Gasteiger partial charge in [0.25, 0.3) is 0 Å². The first kappa shape index (κ1) is 17.9. The second kappa shape index (κ2) is 8.44. The Labute approximate surface area is 156 Å². The van der Waals surface area contributed by atoms with Gasteiger partial charge in [0.2, 0.25) is 5.91 Å². The van der Waals surface area contributed by atoms with Gasteiger partial charge in [-0.15, -0.1) is 0 Å². The van der Waals surface area contributed by atoms with Crippen molar-refractivity contribution in [1.82, 2.24) is 25.1 Å². The lowest BCUT2D eigenvalue weighted by molar-refractivity contribution is -0.133. The Kier molecular flexibility index (Phi) is 5.80. The monoisotopic (exact) mass is 357 g/mol. The van der Waals surface area contributed by atoms with Gasteiger partial charge >= 0.3 is 0 Å². The highest BCUT2D eigenvalue weighted by molar-refractivity contribution is 5.82. The normalized spacial score (nSPS) is 25.5. The number of nitrogens with zero attached hydrogens (tertiary/aromatic N) is 4. The molecule has 1 aromatic heterocycles. The van der Waals surface area contributed by atoms with Crippen molar-refractivity contribution in [1.29, 1.82) is 0 Å². The molecule has 0 radical (unpaired) electrons. The average Bonchev–Trinajstić information content (AvgIpc) is 3.24. The maximum absolute atomic E-state index is 12.6. The first-order valence-electron chi connectivity index (χ1n) is 10.3. The van der Waals surface area contributed by atoms with Gasteiger partial charge in [-0.1, -0.05) is 19.3 Å². The van der Waals surface area contributed by atoms with Crippen molar-refractivity contribution in [2.75, 3.05) is 32.7 Å². The van der Waals surface area contributed by atoms with Crippen LogP contribution in [0.4, 0.5) is 0 Å². The van der Waals surface area contributed by atoms with E-state index in [-0.39, 0.29) is 11.9 Å². The van der Waals surface area contributed by atoms with Crippen molar-refractivity contribution in [3.05, 3.63) is 23.8 Å². The van der Waals surface area contributed by atoms with Crippen molar-refractivity contribution < 1.29 is 4.79 Å². The van der Waals surface area contributed by atoms with Crippen LogP contribution in [0.3, 0.4) is 0 Å². The second-order valence-corrected chi connectivity index (χ2v) is 8.06. The number of piperazine rings is 1. The fourth-order valence-electron chi connectivity index (χ4n) is 4.55. The summed E-state index contributed by atoms with van der Waals surface area (Å²) in [4.78, 5) is 26.3. The number of aromatic nitrogens is 2. The molecule has 1 saturated carbocycles. The summed E-state index contributed by atoms with van der Waals surface area (Å²) in [6.07, 6.45) is 12.7. The SMILES string of the molecule is O=C(C1CN(Cc2cnc(C3CCCCC3)nc2)CCN1)N1CCCC1. The molecule has 6 heteroatoms. The predicted molar refractivity (Wildman–Crippen MR) is 101 cm³/mol. The fraction of sp³-hybridized carbons (Fsp3) is 0.750. The lowest BCUT2D eigenvalue weighted by Crippen LogP contribution is -2.57. The molecule has 142 valence electrons. The topological polar surface area (TPSA) is 61.4 Å². The third kappa shape index (κ3) is 4.23. The Morgan fingerprint density at radius 3 is 2.50 bits per heavy atom. The Balaban J connectivity index is 1.32. The number of amides is 1. The van der Waals surface area contributed by atoms with Crippen LogP contribution in [0.5, 0.6) is 0 Å². The molecule has 3 heterocycles. The van der Waals surface area contributed by atoms with E-state index in [9.17, 15) is 4.79 Å². The van der Waals surface area contributed by atoms with Crippen LogP contribution in [0, 0.1) is 0 Å². The third-order valence-corrected chi connectivity index (χ3v) is 6.08. The van der Waals surface area contributed by atoms with Crippen LogP contribution in [0.1, 0.15) is 62.3 Å². The van der Waals surface area contributed by atoms with E-state index in [1.165, 1.54) is 32.1 Å². The number of nitrogens with one attached hydrogen (secondary N) is 1. The summed E-state index contributed by atoms with van der Waals surface area (Å²) in [7, 11) is 0. The molecule has 6 nitrogen and oxygen atoms in total. The van der Waals surface area contributed by atoms with Gasteiger partial charge in [0.05, 0.1) is 6.04 Å². The summed E-state index contributed by atoms with van der Waals surface area (Å²) in [6.45, 7) is 5.29. The largest absolute Gasteiger partial charge is 0.341 e. The molecule has 0 aromatic carbocycles. The molecule has 3 fully saturated rings. The Morgan fingerprint density at radius 2 is 1.77 bits per heavy atom. The molecule has 1 unspecified atom stereocenters. The number of hydrogen-bond acceptors (Lipinski definition) is 5. The van der Waals surface area contributed by atoms with Gasteiger partial charge in [-0.2, -0.15) is 0 Å². The van der Waals surface area contributed by atoms with Crippen LogP contribution in [-0.2, 0) is 11.3 Å². The van der Waals surface area contributed by atoms with Crippen LogP contribution in [0.25, 0.3) is 0 Å². The minimum absolute atomic E-state index is 0.0655. The summed E-state index contributed by atoms with van der Waals surface area (Å²) in [5.74, 6) is 1.85. The van der Waals surface area contributed by atoms with Gasteiger partial charge in [-0.25, -0.2) is 9.97 Å². The Hall–Kier alpha value is -1.53. The summed E-state index contributed by atoms with van der Waals surface area (Å²) >= 11 is 0. The van der Waals surface area contributed by atoms with E-state index in [4.69, 9.17) is 0 Å². The van der Waals surface area contributed by atoms with E-state index in [1.54, 1.807) is 0 Å². The molecule has 1 aliphatic carbocycles. The molecule has 4 rings (SSSR count). The predicted octanol–water partition coefficient (Wildman–Crippen LogP) is 1.92. The van der Waals surface area contributed by atoms with Crippen molar-refractivity contribution in [2.45, 2.75) is 63.5 Å². The number of carbonyl (C=O) groups is 1. The quantitative estimate of drug-likeness (QED) is 0.892. The molecule has 0 bridgehead atoms. The van der Waals surface area contributed by atoms with Crippen LogP contribution < -0.4 is 5.32 Å². The number of rotatable bonds is 4. The van der Waals surface area contributed by atoms with Gasteiger partial charge in [-0.3, -0.25) is 9.69 Å². The van der Waals surface area contributed by atoms with E-state index in [0.717, 1.165) is 63.5 Å². The molecule has 1 N–H and O–H groups in total. The lowest BCUT2D eigenvalue weighted by atomic mass is 9.89. The molecule has 1 atom stereocenters. The number of likely N-dealkylation sites (tertiary alicyclic amines) is 1. The Bertz CT molecular complexity index is 593. The molecule has 3 aliphatic rings. The van der Waals surface area contributed by atoms with Gasteiger partial charge in [0.15, 0.2) is 0 Å². The van der Waals surface area contributed by atoms with Gasteiger partial charge in [-0.05, 0) is 25.7 Å². The van der Waals surface area contributed by atoms with Crippen LogP contribution in [0.15, 0.2) is 12.4 Å². The molecule has 2 saturated heterocycles. The van der Waals surface area contributed by atoms with E-state index in [1.807, 2.05) is 17.3 Å².